The van der Waals surface area contributed by atoms with E-state index < -0.39 is 12.3 Å². The fourth-order valence-corrected chi connectivity index (χ4v) is 0.917. The largest absolute Gasteiger partial charge is 0.440 e. The lowest BCUT2D eigenvalue weighted by molar-refractivity contribution is 0.114. The molecule has 1 aromatic heterocycles. The van der Waals surface area contributed by atoms with E-state index >= 15 is 0 Å². The van der Waals surface area contributed by atoms with E-state index in [0.717, 1.165) is 0 Å². The first-order chi connectivity index (χ1) is 5.24. The van der Waals surface area contributed by atoms with Crippen molar-refractivity contribution in [2.45, 2.75) is 25.1 Å². The molecule has 1 aromatic rings. The van der Waals surface area contributed by atoms with E-state index in [0.29, 0.717) is 12.8 Å². The number of oxazole rings is 1. The van der Waals surface area contributed by atoms with Gasteiger partial charge in [0.15, 0.2) is 5.76 Å². The van der Waals surface area contributed by atoms with Gasteiger partial charge in [-0.15, -0.1) is 0 Å². The Morgan fingerprint density at radius 2 is 2.45 bits per heavy atom. The van der Waals surface area contributed by atoms with Crippen LogP contribution in [0.2, 0.25) is 0 Å². The molecule has 0 bridgehead atoms. The van der Waals surface area contributed by atoms with Gasteiger partial charge >= 0.3 is 0 Å². The topological polar surface area (TPSA) is 46.3 Å². The van der Waals surface area contributed by atoms with E-state index in [1.54, 1.807) is 0 Å². The third-order valence-electron chi connectivity index (χ3n) is 1.81. The van der Waals surface area contributed by atoms with Crippen molar-refractivity contribution in [1.82, 2.24) is 4.98 Å². The highest BCUT2D eigenvalue weighted by Gasteiger charge is 2.46. The zero-order valence-electron chi connectivity index (χ0n) is 5.88. The van der Waals surface area contributed by atoms with E-state index in [2.05, 4.69) is 4.98 Å². The molecule has 0 amide bonds. The molecule has 11 heavy (non-hydrogen) atoms. The molecule has 0 aromatic carbocycles. The molecule has 0 radical (unpaired) electrons. The molecule has 1 aliphatic rings. The lowest BCUT2D eigenvalue weighted by Gasteiger charge is -1.98. The molecule has 0 aliphatic heterocycles. The number of rotatable bonds is 2. The van der Waals surface area contributed by atoms with Crippen LogP contribution < -0.4 is 0 Å². The molecule has 1 fully saturated rings. The quantitative estimate of drug-likeness (QED) is 0.699. The molecule has 60 valence electrons. The number of halogens is 1. The van der Waals surface area contributed by atoms with Gasteiger partial charge < -0.3 is 9.52 Å². The number of aliphatic hydroxyl groups is 1. The van der Waals surface area contributed by atoms with Gasteiger partial charge in [-0.25, -0.2) is 9.37 Å². The number of alkyl halides is 1. The molecule has 3 nitrogen and oxygen atoms in total. The molecule has 0 atom stereocenters. The lowest BCUT2D eigenvalue weighted by Crippen LogP contribution is -2.03. The Labute approximate surface area is 62.9 Å². The normalized spacial score (nSPS) is 20.2. The van der Waals surface area contributed by atoms with Gasteiger partial charge in [0.2, 0.25) is 5.89 Å². The maximum Gasteiger partial charge on any atom is 0.226 e. The van der Waals surface area contributed by atoms with E-state index in [1.165, 1.54) is 6.20 Å². The number of aromatic nitrogens is 1. The van der Waals surface area contributed by atoms with Gasteiger partial charge in [-0.1, -0.05) is 0 Å². The summed E-state index contributed by atoms with van der Waals surface area (Å²) >= 11 is 0. The predicted molar refractivity (Wildman–Crippen MR) is 34.4 cm³/mol. The van der Waals surface area contributed by atoms with Crippen molar-refractivity contribution < 1.29 is 13.9 Å². The first-order valence-electron chi connectivity index (χ1n) is 3.48. The van der Waals surface area contributed by atoms with Crippen molar-refractivity contribution in [3.8, 4) is 0 Å². The SMILES string of the molecule is OC1(c2ncc(CF)o2)CC1. The molecule has 1 aliphatic carbocycles. The van der Waals surface area contributed by atoms with Gasteiger partial charge in [0.25, 0.3) is 0 Å². The summed E-state index contributed by atoms with van der Waals surface area (Å²) in [5.74, 6) is 0.436. The third-order valence-corrected chi connectivity index (χ3v) is 1.81. The molecule has 1 heterocycles. The number of hydrogen-bond acceptors (Lipinski definition) is 3. The summed E-state index contributed by atoms with van der Waals surface area (Å²) in [6.45, 7) is -0.664. The Hall–Kier alpha value is -0.900. The second-order valence-corrected chi connectivity index (χ2v) is 2.80. The zero-order chi connectivity index (χ0) is 7.90. The summed E-state index contributed by atoms with van der Waals surface area (Å²) in [6.07, 6.45) is 2.64. The number of nitrogens with zero attached hydrogens (tertiary/aromatic N) is 1. The van der Waals surface area contributed by atoms with Crippen molar-refractivity contribution in [3.05, 3.63) is 17.8 Å². The Balaban J connectivity index is 2.25. The highest BCUT2D eigenvalue weighted by atomic mass is 19.1. The van der Waals surface area contributed by atoms with Gasteiger partial charge in [0.05, 0.1) is 6.20 Å². The Bertz CT molecular complexity index is 267. The lowest BCUT2D eigenvalue weighted by atomic mass is 10.3. The Morgan fingerprint density at radius 1 is 1.73 bits per heavy atom. The summed E-state index contributed by atoms with van der Waals surface area (Å²) < 4.78 is 16.9. The maximum atomic E-state index is 11.9. The van der Waals surface area contributed by atoms with Crippen LogP contribution in [0.1, 0.15) is 24.5 Å². The van der Waals surface area contributed by atoms with Gasteiger partial charge in [-0.2, -0.15) is 0 Å². The first-order valence-corrected chi connectivity index (χ1v) is 3.48. The minimum absolute atomic E-state index is 0.181. The zero-order valence-corrected chi connectivity index (χ0v) is 5.88. The van der Waals surface area contributed by atoms with Crippen molar-refractivity contribution >= 4 is 0 Å². The van der Waals surface area contributed by atoms with Crippen LogP contribution in [0, 0.1) is 0 Å². The van der Waals surface area contributed by atoms with Crippen LogP contribution in [0.4, 0.5) is 4.39 Å². The van der Waals surface area contributed by atoms with Crippen molar-refractivity contribution in [3.63, 3.8) is 0 Å². The van der Waals surface area contributed by atoms with Gasteiger partial charge in [0.1, 0.15) is 12.3 Å². The molecule has 1 saturated carbocycles. The standard InChI is InChI=1S/C7H8FNO2/c8-3-5-4-9-6(11-5)7(10)1-2-7/h4,10H,1-3H2. The minimum atomic E-state index is -0.882. The monoisotopic (exact) mass is 157 g/mol. The molecule has 1 N–H and O–H groups in total. The van der Waals surface area contributed by atoms with E-state index in [-0.39, 0.29) is 11.7 Å². The molecule has 2 rings (SSSR count). The Morgan fingerprint density at radius 3 is 2.91 bits per heavy atom. The smallest absolute Gasteiger partial charge is 0.226 e. The average molecular weight is 157 g/mol. The Kier molecular flexibility index (Phi) is 1.26. The van der Waals surface area contributed by atoms with Gasteiger partial charge in [-0.05, 0) is 12.8 Å². The van der Waals surface area contributed by atoms with Crippen LogP contribution >= 0.6 is 0 Å². The highest BCUT2D eigenvalue weighted by molar-refractivity contribution is 5.09. The summed E-state index contributed by atoms with van der Waals surface area (Å²) in [4.78, 5) is 3.76. The first kappa shape index (κ1) is 6.79. The maximum absolute atomic E-state index is 11.9. The van der Waals surface area contributed by atoms with E-state index in [9.17, 15) is 9.50 Å². The molecular formula is C7H8FNO2. The molecule has 0 spiro atoms. The predicted octanol–water partition coefficient (Wildman–Crippen LogP) is 1.13. The molecular weight excluding hydrogens is 149 g/mol. The second-order valence-electron chi connectivity index (χ2n) is 2.80. The van der Waals surface area contributed by atoms with Crippen LogP contribution in [0.25, 0.3) is 0 Å². The van der Waals surface area contributed by atoms with Crippen molar-refractivity contribution in [1.29, 1.82) is 0 Å². The van der Waals surface area contributed by atoms with E-state index in [1.807, 2.05) is 0 Å². The van der Waals surface area contributed by atoms with Crippen LogP contribution in [0.5, 0.6) is 0 Å². The fraction of sp³-hybridized carbons (Fsp3) is 0.571. The second kappa shape index (κ2) is 2.04. The van der Waals surface area contributed by atoms with Crippen LogP contribution in [0.15, 0.2) is 10.6 Å². The van der Waals surface area contributed by atoms with Crippen molar-refractivity contribution in [2.24, 2.45) is 0 Å². The fourth-order valence-electron chi connectivity index (χ4n) is 0.917. The summed E-state index contributed by atoms with van der Waals surface area (Å²) in [6, 6.07) is 0. The molecule has 0 saturated heterocycles. The highest BCUT2D eigenvalue weighted by Crippen LogP contribution is 2.44. The minimum Gasteiger partial charge on any atom is -0.440 e. The van der Waals surface area contributed by atoms with Crippen LogP contribution in [-0.4, -0.2) is 10.1 Å². The van der Waals surface area contributed by atoms with Crippen LogP contribution in [-0.2, 0) is 12.3 Å². The van der Waals surface area contributed by atoms with Crippen molar-refractivity contribution in [2.75, 3.05) is 0 Å². The van der Waals surface area contributed by atoms with Gasteiger partial charge in [-0.3, -0.25) is 0 Å². The summed E-state index contributed by atoms with van der Waals surface area (Å²) in [5, 5.41) is 9.43. The average Bonchev–Trinajstić information content (AvgIpc) is 2.61. The molecule has 0 unspecified atom stereocenters. The number of hydrogen-bond donors (Lipinski definition) is 1. The molecule has 4 heteroatoms. The summed E-state index contributed by atoms with van der Waals surface area (Å²) in [7, 11) is 0. The summed E-state index contributed by atoms with van der Waals surface area (Å²) in [5.41, 5.74) is -0.882. The van der Waals surface area contributed by atoms with E-state index in [4.69, 9.17) is 4.42 Å². The van der Waals surface area contributed by atoms with Crippen LogP contribution in [0.3, 0.4) is 0 Å². The third kappa shape index (κ3) is 1.03. The van der Waals surface area contributed by atoms with Gasteiger partial charge in [0, 0.05) is 0 Å².